The molecule has 2 aliphatic heterocycles. The Kier molecular flexibility index (Phi) is 6.86. The van der Waals surface area contributed by atoms with E-state index in [9.17, 15) is 20.4 Å². The molecule has 2 aliphatic rings. The molecular formula is C22H25ClO7S. The van der Waals surface area contributed by atoms with Crippen LogP contribution in [0.4, 0.5) is 0 Å². The Labute approximate surface area is 189 Å². The highest BCUT2D eigenvalue weighted by atomic mass is 35.5. The van der Waals surface area contributed by atoms with Gasteiger partial charge in [-0.3, -0.25) is 0 Å². The standard InChI is InChI=1S/C22H25ClO7S/c1-28-16-9-14(23)12(6-11-2-3-15-17(7-11)30-5-4-29-15)8-13(16)22-21(27)20(26)19(25)18(10-24)31-22/h2-3,7-9,18-22,24-27H,4-6,10H2,1H3. The maximum Gasteiger partial charge on any atom is 0.161 e. The van der Waals surface area contributed by atoms with Crippen molar-refractivity contribution in [3.05, 3.63) is 52.0 Å². The summed E-state index contributed by atoms with van der Waals surface area (Å²) in [4.78, 5) is 0. The molecule has 1 saturated heterocycles. The molecule has 0 spiro atoms. The summed E-state index contributed by atoms with van der Waals surface area (Å²) in [5.41, 5.74) is 2.42. The van der Waals surface area contributed by atoms with Gasteiger partial charge in [-0.05, 0) is 41.8 Å². The summed E-state index contributed by atoms with van der Waals surface area (Å²) in [7, 11) is 1.50. The van der Waals surface area contributed by atoms with Crippen LogP contribution in [0.5, 0.6) is 17.2 Å². The first-order valence-electron chi connectivity index (χ1n) is 9.98. The summed E-state index contributed by atoms with van der Waals surface area (Å²) in [5, 5.41) is 39.9. The lowest BCUT2D eigenvalue weighted by molar-refractivity contribution is -0.0701. The number of aliphatic hydroxyl groups is 4. The molecule has 9 heteroatoms. The van der Waals surface area contributed by atoms with E-state index in [-0.39, 0.29) is 6.61 Å². The molecule has 0 aromatic heterocycles. The van der Waals surface area contributed by atoms with Crippen LogP contribution in [-0.2, 0) is 6.42 Å². The van der Waals surface area contributed by atoms with Gasteiger partial charge < -0.3 is 34.6 Å². The van der Waals surface area contributed by atoms with Crippen LogP contribution in [0.1, 0.15) is 21.9 Å². The second-order valence-electron chi connectivity index (χ2n) is 7.59. The second kappa shape index (κ2) is 9.44. The number of halogens is 1. The van der Waals surface area contributed by atoms with Crippen LogP contribution < -0.4 is 14.2 Å². The van der Waals surface area contributed by atoms with E-state index in [2.05, 4.69) is 0 Å². The van der Waals surface area contributed by atoms with Crippen molar-refractivity contribution in [2.24, 2.45) is 0 Å². The van der Waals surface area contributed by atoms with Gasteiger partial charge in [-0.1, -0.05) is 17.7 Å². The Morgan fingerprint density at radius 1 is 1.03 bits per heavy atom. The molecule has 2 heterocycles. The average molecular weight is 469 g/mol. The predicted octanol–water partition coefficient (Wildman–Crippen LogP) is 1.94. The van der Waals surface area contributed by atoms with Gasteiger partial charge in [-0.15, -0.1) is 11.8 Å². The smallest absolute Gasteiger partial charge is 0.161 e. The van der Waals surface area contributed by atoms with Gasteiger partial charge in [0, 0.05) is 10.6 Å². The lowest BCUT2D eigenvalue weighted by atomic mass is 9.94. The number of benzene rings is 2. The fourth-order valence-corrected chi connectivity index (χ4v) is 5.59. The van der Waals surface area contributed by atoms with Crippen molar-refractivity contribution in [1.82, 2.24) is 0 Å². The number of fused-ring (bicyclic) bond motifs is 1. The maximum atomic E-state index is 10.6. The molecule has 2 aromatic rings. The summed E-state index contributed by atoms with van der Waals surface area (Å²) < 4.78 is 16.7. The number of aliphatic hydroxyl groups excluding tert-OH is 4. The molecule has 7 nitrogen and oxygen atoms in total. The van der Waals surface area contributed by atoms with Crippen molar-refractivity contribution < 1.29 is 34.6 Å². The lowest BCUT2D eigenvalue weighted by Gasteiger charge is -2.40. The molecular weight excluding hydrogens is 444 g/mol. The van der Waals surface area contributed by atoms with E-state index in [1.165, 1.54) is 18.9 Å². The molecule has 0 bridgehead atoms. The average Bonchev–Trinajstić information content (AvgIpc) is 2.79. The molecule has 1 fully saturated rings. The predicted molar refractivity (Wildman–Crippen MR) is 117 cm³/mol. The maximum absolute atomic E-state index is 10.6. The number of methoxy groups -OCH3 is 1. The normalized spacial score (nSPS) is 27.7. The molecule has 31 heavy (non-hydrogen) atoms. The Hall–Kier alpha value is -1.68. The van der Waals surface area contributed by atoms with Crippen LogP contribution in [0.25, 0.3) is 0 Å². The molecule has 5 atom stereocenters. The first-order valence-corrected chi connectivity index (χ1v) is 11.3. The van der Waals surface area contributed by atoms with E-state index >= 15 is 0 Å². The molecule has 0 amide bonds. The van der Waals surface area contributed by atoms with E-state index in [0.29, 0.717) is 47.5 Å². The molecule has 2 aromatic carbocycles. The van der Waals surface area contributed by atoms with E-state index in [1.54, 1.807) is 6.07 Å². The van der Waals surface area contributed by atoms with Crippen molar-refractivity contribution in [3.8, 4) is 17.2 Å². The summed E-state index contributed by atoms with van der Waals surface area (Å²) in [6.07, 6.45) is -3.34. The fourth-order valence-electron chi connectivity index (χ4n) is 3.93. The molecule has 4 N–H and O–H groups in total. The highest BCUT2D eigenvalue weighted by Crippen LogP contribution is 2.47. The first kappa shape index (κ1) is 22.5. The van der Waals surface area contributed by atoms with Crippen LogP contribution in [0.2, 0.25) is 5.02 Å². The van der Waals surface area contributed by atoms with E-state index < -0.39 is 28.8 Å². The second-order valence-corrected chi connectivity index (χ2v) is 9.38. The monoisotopic (exact) mass is 468 g/mol. The van der Waals surface area contributed by atoms with Crippen molar-refractivity contribution in [3.63, 3.8) is 0 Å². The van der Waals surface area contributed by atoms with E-state index in [4.69, 9.17) is 25.8 Å². The van der Waals surface area contributed by atoms with E-state index in [1.807, 2.05) is 24.3 Å². The Balaban J connectivity index is 1.67. The molecule has 0 radical (unpaired) electrons. The van der Waals surface area contributed by atoms with Gasteiger partial charge in [0.05, 0.1) is 36.4 Å². The minimum Gasteiger partial charge on any atom is -0.496 e. The minimum absolute atomic E-state index is 0.327. The Morgan fingerprint density at radius 3 is 2.48 bits per heavy atom. The molecule has 5 unspecified atom stereocenters. The van der Waals surface area contributed by atoms with Crippen molar-refractivity contribution in [1.29, 1.82) is 0 Å². The van der Waals surface area contributed by atoms with Gasteiger partial charge in [0.25, 0.3) is 0 Å². The van der Waals surface area contributed by atoms with Crippen molar-refractivity contribution in [2.75, 3.05) is 26.9 Å². The summed E-state index contributed by atoms with van der Waals surface area (Å²) in [6, 6.07) is 9.26. The SMILES string of the molecule is COc1cc(Cl)c(Cc2ccc3c(c2)OCCO3)cc1C1SC(CO)C(O)C(O)C1O. The van der Waals surface area contributed by atoms with Gasteiger partial charge >= 0.3 is 0 Å². The number of thioether (sulfide) groups is 1. The van der Waals surface area contributed by atoms with Crippen LogP contribution in [-0.4, -0.2) is 70.9 Å². The topological polar surface area (TPSA) is 109 Å². The number of ether oxygens (including phenoxy) is 3. The molecule has 168 valence electrons. The van der Waals surface area contributed by atoms with Gasteiger partial charge in [-0.25, -0.2) is 0 Å². The highest BCUT2D eigenvalue weighted by Gasteiger charge is 2.44. The van der Waals surface area contributed by atoms with Gasteiger partial charge in [0.2, 0.25) is 0 Å². The third-order valence-electron chi connectivity index (χ3n) is 5.60. The summed E-state index contributed by atoms with van der Waals surface area (Å²) >= 11 is 7.73. The van der Waals surface area contributed by atoms with Crippen molar-refractivity contribution in [2.45, 2.75) is 35.2 Å². The van der Waals surface area contributed by atoms with Crippen LogP contribution in [0.15, 0.2) is 30.3 Å². The molecule has 0 aliphatic carbocycles. The largest absolute Gasteiger partial charge is 0.496 e. The third-order valence-corrected chi connectivity index (χ3v) is 7.55. The quantitative estimate of drug-likeness (QED) is 0.527. The Bertz CT molecular complexity index is 938. The molecule has 4 rings (SSSR count). The number of hydrogen-bond donors (Lipinski definition) is 4. The zero-order valence-corrected chi connectivity index (χ0v) is 18.5. The van der Waals surface area contributed by atoms with Crippen LogP contribution in [0.3, 0.4) is 0 Å². The summed E-state index contributed by atoms with van der Waals surface area (Å²) in [6.45, 7) is 0.698. The van der Waals surface area contributed by atoms with Crippen molar-refractivity contribution >= 4 is 23.4 Å². The van der Waals surface area contributed by atoms with Gasteiger partial charge in [-0.2, -0.15) is 0 Å². The number of hydrogen-bond acceptors (Lipinski definition) is 8. The summed E-state index contributed by atoms with van der Waals surface area (Å²) in [5.74, 6) is 1.86. The highest BCUT2D eigenvalue weighted by molar-refractivity contribution is 8.00. The van der Waals surface area contributed by atoms with Crippen LogP contribution >= 0.6 is 23.4 Å². The minimum atomic E-state index is -1.38. The van der Waals surface area contributed by atoms with Gasteiger partial charge in [0.15, 0.2) is 11.5 Å². The zero-order chi connectivity index (χ0) is 22.1. The molecule has 0 saturated carbocycles. The van der Waals surface area contributed by atoms with E-state index in [0.717, 1.165) is 11.1 Å². The van der Waals surface area contributed by atoms with Gasteiger partial charge in [0.1, 0.15) is 25.1 Å². The first-order chi connectivity index (χ1) is 14.9. The number of rotatable bonds is 5. The zero-order valence-electron chi connectivity index (χ0n) is 16.9. The lowest BCUT2D eigenvalue weighted by Crippen LogP contribution is -2.51. The third kappa shape index (κ3) is 4.46. The Morgan fingerprint density at radius 2 is 1.77 bits per heavy atom. The van der Waals surface area contributed by atoms with Crippen LogP contribution in [0, 0.1) is 0 Å². The fraction of sp³-hybridized carbons (Fsp3) is 0.455.